The standard InChI is InChI=1S/C22H21N3O5S/c1-29-18-12-11-16(13-19(18)30-2)23-22(26)15-9-7-14(8-10-15)21-24-17-5-3-4-6-20(17)31(27,28)25-21/h3-13,21,24-25H,1-2H3,(H,23,26). The first-order valence-corrected chi connectivity index (χ1v) is 10.9. The van der Waals surface area contributed by atoms with Crippen LogP contribution in [0.4, 0.5) is 11.4 Å². The Bertz CT molecular complexity index is 1230. The van der Waals surface area contributed by atoms with Gasteiger partial charge in [0.1, 0.15) is 11.1 Å². The van der Waals surface area contributed by atoms with Crippen LogP contribution in [0, 0.1) is 0 Å². The maximum Gasteiger partial charge on any atom is 0.255 e. The average Bonchev–Trinajstić information content (AvgIpc) is 2.78. The molecule has 0 radical (unpaired) electrons. The summed E-state index contributed by atoms with van der Waals surface area (Å²) in [7, 11) is -0.572. The van der Waals surface area contributed by atoms with Gasteiger partial charge >= 0.3 is 0 Å². The van der Waals surface area contributed by atoms with Crippen LogP contribution in [0.1, 0.15) is 22.1 Å². The lowest BCUT2D eigenvalue weighted by Gasteiger charge is -2.28. The molecule has 9 heteroatoms. The van der Waals surface area contributed by atoms with E-state index in [-0.39, 0.29) is 10.8 Å². The molecule has 1 aliphatic rings. The zero-order chi connectivity index (χ0) is 22.0. The highest BCUT2D eigenvalue weighted by Crippen LogP contribution is 2.31. The van der Waals surface area contributed by atoms with Crippen LogP contribution >= 0.6 is 0 Å². The number of sulfonamides is 1. The average molecular weight is 439 g/mol. The third-order valence-corrected chi connectivity index (χ3v) is 6.38. The second-order valence-electron chi connectivity index (χ2n) is 6.84. The highest BCUT2D eigenvalue weighted by Gasteiger charge is 2.29. The van der Waals surface area contributed by atoms with Crippen LogP contribution < -0.4 is 24.8 Å². The molecule has 1 amide bonds. The number of hydrogen-bond acceptors (Lipinski definition) is 6. The lowest BCUT2D eigenvalue weighted by atomic mass is 10.1. The highest BCUT2D eigenvalue weighted by molar-refractivity contribution is 7.89. The Morgan fingerprint density at radius 1 is 0.935 bits per heavy atom. The van der Waals surface area contributed by atoms with Crippen molar-refractivity contribution in [3.63, 3.8) is 0 Å². The van der Waals surface area contributed by atoms with Gasteiger partial charge in [0, 0.05) is 17.3 Å². The monoisotopic (exact) mass is 439 g/mol. The van der Waals surface area contributed by atoms with E-state index in [0.717, 1.165) is 0 Å². The molecule has 0 aromatic heterocycles. The fourth-order valence-electron chi connectivity index (χ4n) is 3.32. The number of methoxy groups -OCH3 is 2. The first-order chi connectivity index (χ1) is 14.9. The minimum absolute atomic E-state index is 0.206. The fraction of sp³-hybridized carbons (Fsp3) is 0.136. The maximum absolute atomic E-state index is 12.6. The highest BCUT2D eigenvalue weighted by atomic mass is 32.2. The predicted molar refractivity (Wildman–Crippen MR) is 117 cm³/mol. The minimum atomic E-state index is -3.63. The number of nitrogens with one attached hydrogen (secondary N) is 3. The van der Waals surface area contributed by atoms with Crippen LogP contribution in [0.3, 0.4) is 0 Å². The summed E-state index contributed by atoms with van der Waals surface area (Å²) < 4.78 is 38.1. The molecule has 0 saturated carbocycles. The van der Waals surface area contributed by atoms with Crippen LogP contribution in [0.25, 0.3) is 0 Å². The van der Waals surface area contributed by atoms with Crippen molar-refractivity contribution in [1.29, 1.82) is 0 Å². The van der Waals surface area contributed by atoms with Gasteiger partial charge in [-0.3, -0.25) is 4.79 Å². The van der Waals surface area contributed by atoms with E-state index in [1.165, 1.54) is 14.2 Å². The summed E-state index contributed by atoms with van der Waals surface area (Å²) in [6, 6.07) is 18.5. The van der Waals surface area contributed by atoms with Gasteiger partial charge in [0.15, 0.2) is 11.5 Å². The lowest BCUT2D eigenvalue weighted by Crippen LogP contribution is -2.38. The van der Waals surface area contributed by atoms with Gasteiger partial charge < -0.3 is 20.1 Å². The van der Waals surface area contributed by atoms with Gasteiger partial charge in [-0.2, -0.15) is 4.72 Å². The van der Waals surface area contributed by atoms with E-state index >= 15 is 0 Å². The molecule has 4 rings (SSSR count). The number of carbonyl (C=O) groups excluding carboxylic acids is 1. The van der Waals surface area contributed by atoms with Crippen molar-refractivity contribution in [3.8, 4) is 11.5 Å². The van der Waals surface area contributed by atoms with Gasteiger partial charge in [0.25, 0.3) is 5.91 Å². The molecular weight excluding hydrogens is 418 g/mol. The summed E-state index contributed by atoms with van der Waals surface area (Å²) in [5.74, 6) is 0.766. The molecule has 160 valence electrons. The largest absolute Gasteiger partial charge is 0.493 e. The molecule has 3 N–H and O–H groups in total. The van der Waals surface area contributed by atoms with Crippen LogP contribution in [0.15, 0.2) is 71.6 Å². The van der Waals surface area contributed by atoms with Crippen molar-refractivity contribution in [3.05, 3.63) is 77.9 Å². The summed E-state index contributed by atoms with van der Waals surface area (Å²) in [6.07, 6.45) is -0.636. The van der Waals surface area contributed by atoms with Gasteiger partial charge in [0.2, 0.25) is 10.0 Å². The van der Waals surface area contributed by atoms with Crippen LogP contribution in [0.2, 0.25) is 0 Å². The SMILES string of the molecule is COc1ccc(NC(=O)c2ccc(C3Nc4ccccc4S(=O)(=O)N3)cc2)cc1OC. The second-order valence-corrected chi connectivity index (χ2v) is 8.52. The van der Waals surface area contributed by atoms with E-state index in [0.29, 0.717) is 34.0 Å². The molecule has 0 fully saturated rings. The number of carbonyl (C=O) groups is 1. The molecular formula is C22H21N3O5S. The van der Waals surface area contributed by atoms with Gasteiger partial charge in [-0.1, -0.05) is 24.3 Å². The number of hydrogen-bond donors (Lipinski definition) is 3. The molecule has 1 unspecified atom stereocenters. The Balaban J connectivity index is 1.50. The predicted octanol–water partition coefficient (Wildman–Crippen LogP) is 3.36. The van der Waals surface area contributed by atoms with Crippen molar-refractivity contribution in [2.45, 2.75) is 11.1 Å². The first kappa shape index (κ1) is 20.7. The molecule has 0 spiro atoms. The number of para-hydroxylation sites is 1. The van der Waals surface area contributed by atoms with Gasteiger partial charge in [-0.25, -0.2) is 8.42 Å². The molecule has 1 atom stereocenters. The Labute approximate surface area is 180 Å². The van der Waals surface area contributed by atoms with Crippen molar-refractivity contribution in [1.82, 2.24) is 4.72 Å². The van der Waals surface area contributed by atoms with E-state index < -0.39 is 16.2 Å². The molecule has 3 aromatic carbocycles. The summed E-state index contributed by atoms with van der Waals surface area (Å²) in [4.78, 5) is 12.8. The van der Waals surface area contributed by atoms with E-state index in [9.17, 15) is 13.2 Å². The minimum Gasteiger partial charge on any atom is -0.493 e. The Morgan fingerprint density at radius 3 is 2.35 bits per heavy atom. The number of rotatable bonds is 5. The molecule has 8 nitrogen and oxygen atoms in total. The van der Waals surface area contributed by atoms with Crippen molar-refractivity contribution in [2.75, 3.05) is 24.9 Å². The molecule has 0 aliphatic carbocycles. The summed E-state index contributed by atoms with van der Waals surface area (Å²) in [5.41, 5.74) is 2.20. The third-order valence-electron chi connectivity index (χ3n) is 4.90. The van der Waals surface area contributed by atoms with Crippen LogP contribution in [-0.4, -0.2) is 28.5 Å². The summed E-state index contributed by atoms with van der Waals surface area (Å²) in [6.45, 7) is 0. The Morgan fingerprint density at radius 2 is 1.65 bits per heavy atom. The molecule has 0 saturated heterocycles. The molecule has 3 aromatic rings. The van der Waals surface area contributed by atoms with Crippen LogP contribution in [-0.2, 0) is 10.0 Å². The summed E-state index contributed by atoms with van der Waals surface area (Å²) >= 11 is 0. The van der Waals surface area contributed by atoms with Gasteiger partial charge in [0.05, 0.1) is 19.9 Å². The number of ether oxygens (including phenoxy) is 2. The molecule has 1 aliphatic heterocycles. The second kappa shape index (κ2) is 8.29. The first-order valence-electron chi connectivity index (χ1n) is 9.42. The van der Waals surface area contributed by atoms with Crippen LogP contribution in [0.5, 0.6) is 11.5 Å². The van der Waals surface area contributed by atoms with Crippen molar-refractivity contribution < 1.29 is 22.7 Å². The maximum atomic E-state index is 12.6. The molecule has 1 heterocycles. The summed E-state index contributed by atoms with van der Waals surface area (Å²) in [5, 5.41) is 5.97. The van der Waals surface area contributed by atoms with Gasteiger partial charge in [-0.05, 0) is 42.0 Å². The van der Waals surface area contributed by atoms with Crippen molar-refractivity contribution >= 4 is 27.3 Å². The van der Waals surface area contributed by atoms with E-state index in [4.69, 9.17) is 9.47 Å². The van der Waals surface area contributed by atoms with E-state index in [1.54, 1.807) is 66.7 Å². The fourth-order valence-corrected chi connectivity index (χ4v) is 4.63. The molecule has 31 heavy (non-hydrogen) atoms. The van der Waals surface area contributed by atoms with E-state index in [1.807, 2.05) is 0 Å². The number of benzene rings is 3. The normalized spacial score (nSPS) is 16.5. The van der Waals surface area contributed by atoms with E-state index in [2.05, 4.69) is 15.4 Å². The number of anilines is 2. The topological polar surface area (TPSA) is 106 Å². The third kappa shape index (κ3) is 4.18. The quantitative estimate of drug-likeness (QED) is 0.563. The smallest absolute Gasteiger partial charge is 0.255 e. The lowest BCUT2D eigenvalue weighted by molar-refractivity contribution is 0.102. The number of fused-ring (bicyclic) bond motifs is 1. The molecule has 0 bridgehead atoms. The Hall–Kier alpha value is -3.56. The number of amides is 1. The Kier molecular flexibility index (Phi) is 5.53. The van der Waals surface area contributed by atoms with Gasteiger partial charge in [-0.15, -0.1) is 0 Å². The zero-order valence-corrected chi connectivity index (χ0v) is 17.7. The van der Waals surface area contributed by atoms with Crippen molar-refractivity contribution in [2.24, 2.45) is 0 Å². The zero-order valence-electron chi connectivity index (χ0n) is 16.9.